The molecule has 2 aliphatic rings. The average molecular weight is 402 g/mol. The van der Waals surface area contributed by atoms with Crippen molar-refractivity contribution in [1.82, 2.24) is 5.32 Å². The number of carbonyl (C=O) groups is 2. The number of fused-ring (bicyclic) bond motifs is 9. The summed E-state index contributed by atoms with van der Waals surface area (Å²) in [5.41, 5.74) is 1.10. The molecule has 2 aromatic rings. The molecule has 0 saturated carbocycles. The lowest BCUT2D eigenvalue weighted by Gasteiger charge is -2.18. The van der Waals surface area contributed by atoms with Gasteiger partial charge in [-0.3, -0.25) is 4.79 Å². The topological polar surface area (TPSA) is 73.9 Å². The van der Waals surface area contributed by atoms with Crippen molar-refractivity contribution in [3.63, 3.8) is 0 Å². The van der Waals surface area contributed by atoms with Gasteiger partial charge in [-0.1, -0.05) is 29.8 Å². The highest BCUT2D eigenvalue weighted by Crippen LogP contribution is 2.26. The van der Waals surface area contributed by atoms with E-state index >= 15 is 0 Å². The van der Waals surface area contributed by atoms with E-state index in [-0.39, 0.29) is 13.0 Å². The highest BCUT2D eigenvalue weighted by Gasteiger charge is 2.24. The van der Waals surface area contributed by atoms with Crippen molar-refractivity contribution < 1.29 is 23.8 Å². The van der Waals surface area contributed by atoms with Crippen LogP contribution in [0.2, 0.25) is 5.02 Å². The molecule has 2 heterocycles. The van der Waals surface area contributed by atoms with E-state index in [4.69, 9.17) is 25.8 Å². The number of ether oxygens (including phenoxy) is 3. The molecule has 0 radical (unpaired) electrons. The van der Waals surface area contributed by atoms with Gasteiger partial charge in [0.2, 0.25) is 0 Å². The quantitative estimate of drug-likeness (QED) is 0.587. The molecule has 2 aromatic carbocycles. The predicted molar refractivity (Wildman–Crippen MR) is 105 cm³/mol. The molecule has 0 aliphatic carbocycles. The van der Waals surface area contributed by atoms with Crippen LogP contribution >= 0.6 is 11.6 Å². The first-order chi connectivity index (χ1) is 13.6. The minimum Gasteiger partial charge on any atom is -0.489 e. The predicted octanol–water partition coefficient (Wildman–Crippen LogP) is 3.18. The fourth-order valence-corrected chi connectivity index (χ4v) is 3.05. The first-order valence-corrected chi connectivity index (χ1v) is 9.13. The third-order valence-electron chi connectivity index (χ3n) is 4.20. The Hall–Kier alpha value is -2.99. The van der Waals surface area contributed by atoms with Crippen LogP contribution in [0.25, 0.3) is 0 Å². The first kappa shape index (κ1) is 19.8. The van der Waals surface area contributed by atoms with Crippen LogP contribution in [0.15, 0.2) is 54.6 Å². The summed E-state index contributed by atoms with van der Waals surface area (Å²) in [7, 11) is 1.28. The van der Waals surface area contributed by atoms with Crippen LogP contribution in [-0.4, -0.2) is 38.2 Å². The van der Waals surface area contributed by atoms with E-state index in [0.29, 0.717) is 28.7 Å². The zero-order valence-corrected chi connectivity index (χ0v) is 16.1. The van der Waals surface area contributed by atoms with Gasteiger partial charge in [0.1, 0.15) is 30.8 Å². The molecule has 0 spiro atoms. The summed E-state index contributed by atoms with van der Waals surface area (Å²) in [6.07, 6.45) is 3.83. The van der Waals surface area contributed by atoms with Gasteiger partial charge in [0.05, 0.1) is 17.7 Å². The van der Waals surface area contributed by atoms with Crippen molar-refractivity contribution in [3.05, 3.63) is 70.8 Å². The number of halogens is 1. The molecule has 0 aromatic heterocycles. The lowest BCUT2D eigenvalue weighted by Crippen LogP contribution is -2.43. The van der Waals surface area contributed by atoms with Crippen LogP contribution in [0, 0.1) is 0 Å². The molecule has 0 saturated heterocycles. The fourth-order valence-electron chi connectivity index (χ4n) is 2.79. The summed E-state index contributed by atoms with van der Waals surface area (Å²) in [6.45, 7) is 0.593. The SMILES string of the molecule is COC(=O)C1Cc2ccc(c(Cl)c2)OCC=CCOc2ccccc2C(=O)N1. The maximum atomic E-state index is 12.8. The number of esters is 1. The van der Waals surface area contributed by atoms with Crippen LogP contribution in [0.1, 0.15) is 15.9 Å². The molecular formula is C21H20ClNO5. The molecule has 1 atom stereocenters. The number of methoxy groups -OCH3 is 1. The Morgan fingerprint density at radius 3 is 2.54 bits per heavy atom. The normalized spacial score (nSPS) is 17.1. The first-order valence-electron chi connectivity index (χ1n) is 8.75. The van der Waals surface area contributed by atoms with Gasteiger partial charge in [-0.05, 0) is 42.0 Å². The summed E-state index contributed by atoms with van der Waals surface area (Å²) < 4.78 is 16.2. The lowest BCUT2D eigenvalue weighted by atomic mass is 10.0. The van der Waals surface area contributed by atoms with Gasteiger partial charge in [0.25, 0.3) is 5.91 Å². The van der Waals surface area contributed by atoms with Crippen molar-refractivity contribution >= 4 is 23.5 Å². The van der Waals surface area contributed by atoms with Crippen molar-refractivity contribution in [2.24, 2.45) is 0 Å². The monoisotopic (exact) mass is 401 g/mol. The Morgan fingerprint density at radius 2 is 1.82 bits per heavy atom. The van der Waals surface area contributed by atoms with E-state index in [9.17, 15) is 9.59 Å². The maximum Gasteiger partial charge on any atom is 0.328 e. The Bertz CT molecular complexity index is 896. The molecule has 0 fully saturated rings. The van der Waals surface area contributed by atoms with Gasteiger partial charge < -0.3 is 19.5 Å². The number of benzene rings is 2. The maximum absolute atomic E-state index is 12.8. The third-order valence-corrected chi connectivity index (χ3v) is 4.49. The highest BCUT2D eigenvalue weighted by molar-refractivity contribution is 6.32. The van der Waals surface area contributed by atoms with Gasteiger partial charge in [-0.15, -0.1) is 0 Å². The smallest absolute Gasteiger partial charge is 0.328 e. The van der Waals surface area contributed by atoms with Crippen molar-refractivity contribution in [2.45, 2.75) is 12.5 Å². The molecule has 1 amide bonds. The summed E-state index contributed by atoms with van der Waals surface area (Å²) >= 11 is 6.27. The van der Waals surface area contributed by atoms with E-state index < -0.39 is 17.9 Å². The van der Waals surface area contributed by atoms with E-state index in [1.165, 1.54) is 7.11 Å². The molecule has 1 unspecified atom stereocenters. The summed E-state index contributed by atoms with van der Waals surface area (Å²) in [4.78, 5) is 25.0. The van der Waals surface area contributed by atoms with Crippen LogP contribution in [-0.2, 0) is 16.0 Å². The largest absolute Gasteiger partial charge is 0.489 e. The van der Waals surface area contributed by atoms with Gasteiger partial charge in [-0.2, -0.15) is 0 Å². The van der Waals surface area contributed by atoms with Crippen molar-refractivity contribution in [3.8, 4) is 11.5 Å². The van der Waals surface area contributed by atoms with E-state index in [1.54, 1.807) is 48.5 Å². The Balaban J connectivity index is 1.95. The Kier molecular flexibility index (Phi) is 6.55. The molecule has 146 valence electrons. The molecule has 7 heteroatoms. The zero-order valence-electron chi connectivity index (χ0n) is 15.3. The molecule has 2 aliphatic heterocycles. The van der Waals surface area contributed by atoms with Gasteiger partial charge in [-0.25, -0.2) is 4.79 Å². The molecular weight excluding hydrogens is 382 g/mol. The summed E-state index contributed by atoms with van der Waals surface area (Å²) in [6, 6.07) is 11.2. The molecule has 6 nitrogen and oxygen atoms in total. The number of carbonyl (C=O) groups excluding carboxylic acids is 2. The second-order valence-corrected chi connectivity index (χ2v) is 6.51. The Morgan fingerprint density at radius 1 is 1.11 bits per heavy atom. The van der Waals surface area contributed by atoms with Gasteiger partial charge >= 0.3 is 5.97 Å². The summed E-state index contributed by atoms with van der Waals surface area (Å²) in [5, 5.41) is 3.15. The van der Waals surface area contributed by atoms with Crippen molar-refractivity contribution in [1.29, 1.82) is 0 Å². The van der Waals surface area contributed by atoms with E-state index in [2.05, 4.69) is 5.32 Å². The second-order valence-electron chi connectivity index (χ2n) is 6.11. The number of para-hydroxylation sites is 1. The highest BCUT2D eigenvalue weighted by atomic mass is 35.5. The number of hydrogen-bond donors (Lipinski definition) is 1. The molecule has 1 N–H and O–H groups in total. The lowest BCUT2D eigenvalue weighted by molar-refractivity contribution is -0.142. The molecule has 28 heavy (non-hydrogen) atoms. The fraction of sp³-hybridized carbons (Fsp3) is 0.238. The number of rotatable bonds is 1. The van der Waals surface area contributed by atoms with Crippen LogP contribution < -0.4 is 14.8 Å². The Labute approximate surface area is 168 Å². The average Bonchev–Trinajstić information content (AvgIpc) is 2.70. The third kappa shape index (κ3) is 4.84. The van der Waals surface area contributed by atoms with Crippen molar-refractivity contribution in [2.75, 3.05) is 20.3 Å². The van der Waals surface area contributed by atoms with Crippen LogP contribution in [0.5, 0.6) is 11.5 Å². The second kappa shape index (κ2) is 9.28. The number of nitrogens with one attached hydrogen (secondary N) is 1. The minimum atomic E-state index is -0.874. The summed E-state index contributed by atoms with van der Waals surface area (Å²) in [5.74, 6) is -0.0138. The molecule has 2 bridgehead atoms. The van der Waals surface area contributed by atoms with Gasteiger partial charge in [0, 0.05) is 6.42 Å². The zero-order chi connectivity index (χ0) is 19.9. The minimum absolute atomic E-state index is 0.224. The standard InChI is InChI=1S/C21H20ClNO5/c1-26-21(25)17-13-14-8-9-19(16(22)12-14)28-11-5-4-10-27-18-7-3-2-6-15(18)20(24)23-17/h2-9,12,17H,10-11,13H2,1H3,(H,23,24). The van der Waals surface area contributed by atoms with Crippen LogP contribution in [0.3, 0.4) is 0 Å². The van der Waals surface area contributed by atoms with Gasteiger partial charge in [0.15, 0.2) is 0 Å². The number of amides is 1. The number of hydrogen-bond acceptors (Lipinski definition) is 5. The molecule has 4 rings (SSSR count). The van der Waals surface area contributed by atoms with E-state index in [1.807, 2.05) is 6.08 Å². The van der Waals surface area contributed by atoms with Crippen LogP contribution in [0.4, 0.5) is 0 Å². The van der Waals surface area contributed by atoms with E-state index in [0.717, 1.165) is 5.56 Å².